The van der Waals surface area contributed by atoms with Gasteiger partial charge in [0.2, 0.25) is 0 Å². The summed E-state index contributed by atoms with van der Waals surface area (Å²) in [5, 5.41) is 0. The van der Waals surface area contributed by atoms with Crippen LogP contribution in [0.2, 0.25) is 0 Å². The first-order chi connectivity index (χ1) is 9.99. The van der Waals surface area contributed by atoms with Gasteiger partial charge in [0, 0.05) is 25.3 Å². The lowest BCUT2D eigenvalue weighted by atomic mass is 9.86. The molecule has 114 valence electrons. The lowest BCUT2D eigenvalue weighted by Gasteiger charge is -2.30. The minimum absolute atomic E-state index is 0.0567. The van der Waals surface area contributed by atoms with Gasteiger partial charge in [-0.2, -0.15) is 0 Å². The molecule has 2 aliphatic rings. The number of halogens is 1. The van der Waals surface area contributed by atoms with Gasteiger partial charge in [0.05, 0.1) is 18.8 Å². The predicted molar refractivity (Wildman–Crippen MR) is 73.0 cm³/mol. The van der Waals surface area contributed by atoms with E-state index in [2.05, 4.69) is 0 Å². The molecule has 1 saturated heterocycles. The highest BCUT2D eigenvalue weighted by molar-refractivity contribution is 5.66. The van der Waals surface area contributed by atoms with Crippen LogP contribution in [0.5, 0.6) is 0 Å². The highest BCUT2D eigenvalue weighted by Crippen LogP contribution is 2.49. The monoisotopic (exact) mass is 294 g/mol. The van der Waals surface area contributed by atoms with Crippen LogP contribution in [0.3, 0.4) is 0 Å². The van der Waals surface area contributed by atoms with E-state index in [4.69, 9.17) is 14.2 Å². The van der Waals surface area contributed by atoms with Crippen LogP contribution in [0.15, 0.2) is 24.3 Å². The summed E-state index contributed by atoms with van der Waals surface area (Å²) in [5.74, 6) is -0.569. The van der Waals surface area contributed by atoms with Crippen molar-refractivity contribution in [2.45, 2.75) is 57.2 Å². The quantitative estimate of drug-likeness (QED) is 0.632. The highest BCUT2D eigenvalue weighted by Gasteiger charge is 2.62. The third-order valence-electron chi connectivity index (χ3n) is 4.30. The number of benzene rings is 1. The van der Waals surface area contributed by atoms with Gasteiger partial charge in [-0.1, -0.05) is 18.2 Å². The summed E-state index contributed by atoms with van der Waals surface area (Å²) >= 11 is 0. The average molecular weight is 294 g/mol. The molecular formula is C16H19FO4. The van der Waals surface area contributed by atoms with E-state index in [0.717, 1.165) is 0 Å². The number of hydrogen-bond donors (Lipinski definition) is 0. The molecule has 0 amide bonds. The minimum atomic E-state index is -0.331. The number of carbonyl (C=O) groups excluding carboxylic acids is 1. The Balaban J connectivity index is 1.63. The second-order valence-electron chi connectivity index (χ2n) is 5.88. The first-order valence-corrected chi connectivity index (χ1v) is 7.19. The summed E-state index contributed by atoms with van der Waals surface area (Å²) < 4.78 is 30.4. The maximum Gasteiger partial charge on any atom is 0.302 e. The number of esters is 1. The molecule has 4 unspecified atom stereocenters. The molecule has 3 rings (SSSR count). The van der Waals surface area contributed by atoms with Crippen LogP contribution in [-0.2, 0) is 25.6 Å². The van der Waals surface area contributed by atoms with Crippen LogP contribution in [0.4, 0.5) is 4.39 Å². The molecule has 1 aliphatic heterocycles. The second kappa shape index (κ2) is 5.39. The molecule has 0 aromatic heterocycles. The molecule has 0 spiro atoms. The van der Waals surface area contributed by atoms with Gasteiger partial charge in [-0.05, 0) is 13.0 Å². The molecule has 0 radical (unpaired) electrons. The first-order valence-electron chi connectivity index (χ1n) is 7.19. The van der Waals surface area contributed by atoms with Crippen molar-refractivity contribution in [2.75, 3.05) is 0 Å². The third kappa shape index (κ3) is 2.94. The van der Waals surface area contributed by atoms with Gasteiger partial charge in [0.15, 0.2) is 0 Å². The average Bonchev–Trinajstić information content (AvgIpc) is 3.08. The standard InChI is InChI=1S/C16H19FO4/c1-10(18)20-12-7-14(16(2)15(8-12)21-16)19-9-11-5-3-4-6-13(11)17/h3-6,12,14-15H,7-9H2,1-2H3. The Hall–Kier alpha value is -1.46. The van der Waals surface area contributed by atoms with Gasteiger partial charge in [-0.15, -0.1) is 0 Å². The van der Waals surface area contributed by atoms with E-state index in [-0.39, 0.29) is 42.3 Å². The molecule has 1 aromatic rings. The molecule has 1 heterocycles. The van der Waals surface area contributed by atoms with Gasteiger partial charge in [-0.3, -0.25) is 4.79 Å². The van der Waals surface area contributed by atoms with Crippen molar-refractivity contribution in [1.82, 2.24) is 0 Å². The summed E-state index contributed by atoms with van der Waals surface area (Å²) in [4.78, 5) is 11.1. The maximum atomic E-state index is 13.6. The van der Waals surface area contributed by atoms with Crippen LogP contribution in [0.25, 0.3) is 0 Å². The fourth-order valence-electron chi connectivity index (χ4n) is 3.02. The third-order valence-corrected chi connectivity index (χ3v) is 4.30. The normalized spacial score (nSPS) is 34.1. The molecular weight excluding hydrogens is 275 g/mol. The van der Waals surface area contributed by atoms with Gasteiger partial charge in [0.1, 0.15) is 17.5 Å². The highest BCUT2D eigenvalue weighted by atomic mass is 19.1. The van der Waals surface area contributed by atoms with E-state index in [0.29, 0.717) is 18.4 Å². The summed E-state index contributed by atoms with van der Waals surface area (Å²) in [5.41, 5.74) is 0.190. The van der Waals surface area contributed by atoms with Crippen molar-refractivity contribution in [3.8, 4) is 0 Å². The Kier molecular flexibility index (Phi) is 3.71. The number of fused-ring (bicyclic) bond motifs is 1. The predicted octanol–water partition coefficient (Wildman–Crippen LogP) is 2.59. The van der Waals surface area contributed by atoms with Gasteiger partial charge in [-0.25, -0.2) is 4.39 Å². The summed E-state index contributed by atoms with van der Waals surface area (Å²) in [6.07, 6.45) is 0.964. The number of rotatable bonds is 4. The zero-order valence-electron chi connectivity index (χ0n) is 12.2. The van der Waals surface area contributed by atoms with E-state index >= 15 is 0 Å². The summed E-state index contributed by atoms with van der Waals surface area (Å²) in [6.45, 7) is 3.58. The van der Waals surface area contributed by atoms with Crippen molar-refractivity contribution >= 4 is 5.97 Å². The first kappa shape index (κ1) is 14.5. The van der Waals surface area contributed by atoms with E-state index in [9.17, 15) is 9.18 Å². The van der Waals surface area contributed by atoms with Crippen molar-refractivity contribution in [1.29, 1.82) is 0 Å². The number of epoxide rings is 1. The Bertz CT molecular complexity index is 547. The zero-order chi connectivity index (χ0) is 15.0. The molecule has 1 aliphatic carbocycles. The van der Waals surface area contributed by atoms with Crippen LogP contribution in [0.1, 0.15) is 32.3 Å². The zero-order valence-corrected chi connectivity index (χ0v) is 12.2. The molecule has 4 nitrogen and oxygen atoms in total. The van der Waals surface area contributed by atoms with Crippen LogP contribution in [-0.4, -0.2) is 29.9 Å². The molecule has 2 fully saturated rings. The van der Waals surface area contributed by atoms with E-state index < -0.39 is 0 Å². The Morgan fingerprint density at radius 2 is 2.19 bits per heavy atom. The fraction of sp³-hybridized carbons (Fsp3) is 0.562. The molecule has 0 bridgehead atoms. The topological polar surface area (TPSA) is 48.1 Å². The fourth-order valence-corrected chi connectivity index (χ4v) is 3.02. The largest absolute Gasteiger partial charge is 0.462 e. The smallest absolute Gasteiger partial charge is 0.302 e. The van der Waals surface area contributed by atoms with E-state index in [1.165, 1.54) is 13.0 Å². The SMILES string of the molecule is CC(=O)OC1CC(OCc2ccccc2F)C2(C)OC2C1. The van der Waals surface area contributed by atoms with Gasteiger partial charge < -0.3 is 14.2 Å². The molecule has 21 heavy (non-hydrogen) atoms. The molecule has 1 saturated carbocycles. The molecule has 0 N–H and O–H groups in total. The minimum Gasteiger partial charge on any atom is -0.462 e. The summed E-state index contributed by atoms with van der Waals surface area (Å²) in [7, 11) is 0. The van der Waals surface area contributed by atoms with Crippen molar-refractivity contribution < 1.29 is 23.4 Å². The number of carbonyl (C=O) groups is 1. The van der Waals surface area contributed by atoms with Gasteiger partial charge in [0.25, 0.3) is 0 Å². The Morgan fingerprint density at radius 3 is 2.90 bits per heavy atom. The lowest BCUT2D eigenvalue weighted by molar-refractivity contribution is -0.150. The van der Waals surface area contributed by atoms with Crippen LogP contribution in [0, 0.1) is 5.82 Å². The summed E-state index contributed by atoms with van der Waals surface area (Å²) in [6, 6.07) is 6.55. The number of hydrogen-bond acceptors (Lipinski definition) is 4. The lowest BCUT2D eigenvalue weighted by Crippen LogP contribution is -2.41. The Labute approximate surface area is 123 Å². The maximum absolute atomic E-state index is 13.6. The second-order valence-corrected chi connectivity index (χ2v) is 5.88. The van der Waals surface area contributed by atoms with Crippen molar-refractivity contribution in [2.24, 2.45) is 0 Å². The van der Waals surface area contributed by atoms with E-state index in [1.54, 1.807) is 18.2 Å². The van der Waals surface area contributed by atoms with Crippen LogP contribution < -0.4 is 0 Å². The van der Waals surface area contributed by atoms with Crippen LogP contribution >= 0.6 is 0 Å². The number of ether oxygens (including phenoxy) is 3. The van der Waals surface area contributed by atoms with Gasteiger partial charge >= 0.3 is 5.97 Å². The van der Waals surface area contributed by atoms with Crippen molar-refractivity contribution in [3.05, 3.63) is 35.6 Å². The molecule has 5 heteroatoms. The molecule has 1 aromatic carbocycles. The van der Waals surface area contributed by atoms with E-state index in [1.807, 2.05) is 6.92 Å². The Morgan fingerprint density at radius 1 is 1.43 bits per heavy atom. The van der Waals surface area contributed by atoms with Crippen molar-refractivity contribution in [3.63, 3.8) is 0 Å². The molecule has 4 atom stereocenters.